The molecular weight excluding hydrogens is 340 g/mol. The molecule has 0 saturated heterocycles. The Morgan fingerprint density at radius 3 is 2.00 bits per heavy atom. The van der Waals surface area contributed by atoms with E-state index in [0.717, 1.165) is 0 Å². The van der Waals surface area contributed by atoms with E-state index in [0.29, 0.717) is 0 Å². The van der Waals surface area contributed by atoms with Crippen molar-refractivity contribution in [3.8, 4) is 5.69 Å². The summed E-state index contributed by atoms with van der Waals surface area (Å²) in [7, 11) is 2.20. The van der Waals surface area contributed by atoms with E-state index >= 15 is 0 Å². The molecule has 0 atom stereocenters. The summed E-state index contributed by atoms with van der Waals surface area (Å²) in [5, 5.41) is 5.23. The van der Waals surface area contributed by atoms with Crippen LogP contribution in [0.5, 0.6) is 0 Å². The second-order valence-corrected chi connectivity index (χ2v) is 7.58. The molecule has 0 saturated carbocycles. The molecule has 0 aliphatic heterocycles. The molecule has 6 rings (SSSR count). The molecule has 2 heterocycles. The summed E-state index contributed by atoms with van der Waals surface area (Å²) in [5.74, 6) is 0. The highest BCUT2D eigenvalue weighted by Crippen LogP contribution is 2.40. The Bertz CT molecular complexity index is 1510. The fraction of sp³-hybridized carbons (Fsp3) is 0.0769. The Hall–Kier alpha value is -3.52. The van der Waals surface area contributed by atoms with Crippen LogP contribution in [0.2, 0.25) is 0 Å². The molecule has 2 aromatic heterocycles. The minimum Gasteiger partial charge on any atom is -0.342 e. The van der Waals surface area contributed by atoms with E-state index < -0.39 is 0 Å². The monoisotopic (exact) mass is 360 g/mol. The quantitative estimate of drug-likeness (QED) is 0.307. The predicted octanol–water partition coefficient (Wildman–Crippen LogP) is 6.74. The first kappa shape index (κ1) is 15.5. The van der Waals surface area contributed by atoms with Crippen molar-refractivity contribution < 1.29 is 0 Å². The maximum absolute atomic E-state index is 2.42. The standard InChI is InChI=1S/C26H20N2/c1-17-9-8-13-20-22-16-15-21-19-12-6-7-14-23(19)28(18-10-4-3-5-11-18)26(21)25(22)27(2)24(17)20/h3-16H,1-2H3. The van der Waals surface area contributed by atoms with E-state index in [1.807, 2.05) is 0 Å². The van der Waals surface area contributed by atoms with Gasteiger partial charge in [-0.3, -0.25) is 0 Å². The summed E-state index contributed by atoms with van der Waals surface area (Å²) >= 11 is 0. The van der Waals surface area contributed by atoms with Crippen LogP contribution in [-0.2, 0) is 7.05 Å². The lowest BCUT2D eigenvalue weighted by Crippen LogP contribution is -1.96. The van der Waals surface area contributed by atoms with Gasteiger partial charge in [-0.15, -0.1) is 0 Å². The largest absolute Gasteiger partial charge is 0.342 e. The Balaban J connectivity index is 1.96. The highest BCUT2D eigenvalue weighted by atomic mass is 15.0. The highest BCUT2D eigenvalue weighted by molar-refractivity contribution is 6.23. The van der Waals surface area contributed by atoms with Crippen molar-refractivity contribution in [1.29, 1.82) is 0 Å². The van der Waals surface area contributed by atoms with Crippen LogP contribution in [0.4, 0.5) is 0 Å². The van der Waals surface area contributed by atoms with Gasteiger partial charge in [-0.2, -0.15) is 0 Å². The lowest BCUT2D eigenvalue weighted by Gasteiger charge is -2.10. The molecule has 4 aromatic carbocycles. The summed E-state index contributed by atoms with van der Waals surface area (Å²) in [6.45, 7) is 2.20. The zero-order valence-corrected chi connectivity index (χ0v) is 16.0. The number of benzene rings is 4. The van der Waals surface area contributed by atoms with Crippen molar-refractivity contribution in [2.45, 2.75) is 6.92 Å². The zero-order chi connectivity index (χ0) is 18.8. The van der Waals surface area contributed by atoms with Crippen molar-refractivity contribution in [3.63, 3.8) is 0 Å². The number of rotatable bonds is 1. The molecule has 6 aromatic rings. The van der Waals surface area contributed by atoms with Crippen LogP contribution < -0.4 is 0 Å². The first-order valence-corrected chi connectivity index (χ1v) is 9.71. The Kier molecular flexibility index (Phi) is 3.05. The van der Waals surface area contributed by atoms with E-state index in [4.69, 9.17) is 0 Å². The minimum atomic E-state index is 1.20. The summed E-state index contributed by atoms with van der Waals surface area (Å²) in [6, 6.07) is 30.6. The van der Waals surface area contributed by atoms with Gasteiger partial charge in [-0.25, -0.2) is 0 Å². The van der Waals surface area contributed by atoms with Gasteiger partial charge in [0.2, 0.25) is 0 Å². The van der Waals surface area contributed by atoms with Crippen LogP contribution in [0, 0.1) is 6.92 Å². The summed E-state index contributed by atoms with van der Waals surface area (Å²) < 4.78 is 4.79. The third-order valence-corrected chi connectivity index (χ3v) is 6.02. The number of nitrogens with zero attached hydrogens (tertiary/aromatic N) is 2. The van der Waals surface area contributed by atoms with Crippen molar-refractivity contribution in [1.82, 2.24) is 9.13 Å². The molecule has 0 unspecified atom stereocenters. The number of hydrogen-bond acceptors (Lipinski definition) is 0. The molecule has 2 heteroatoms. The molecule has 0 bridgehead atoms. The second-order valence-electron chi connectivity index (χ2n) is 7.58. The van der Waals surface area contributed by atoms with Gasteiger partial charge in [0, 0.05) is 34.3 Å². The molecule has 0 aliphatic rings. The lowest BCUT2D eigenvalue weighted by atomic mass is 10.1. The lowest BCUT2D eigenvalue weighted by molar-refractivity contribution is 1.01. The average Bonchev–Trinajstić information content (AvgIpc) is 3.22. The van der Waals surface area contributed by atoms with Crippen LogP contribution in [0.15, 0.2) is 84.9 Å². The van der Waals surface area contributed by atoms with E-state index in [1.54, 1.807) is 0 Å². The van der Waals surface area contributed by atoms with E-state index in [1.165, 1.54) is 54.9 Å². The maximum atomic E-state index is 2.42. The number of para-hydroxylation sites is 3. The van der Waals surface area contributed by atoms with Crippen LogP contribution in [0.25, 0.3) is 49.3 Å². The Morgan fingerprint density at radius 1 is 0.536 bits per heavy atom. The van der Waals surface area contributed by atoms with Crippen molar-refractivity contribution in [3.05, 3.63) is 90.5 Å². The molecule has 134 valence electrons. The molecule has 0 amide bonds. The summed E-state index contributed by atoms with van der Waals surface area (Å²) in [6.07, 6.45) is 0. The first-order valence-electron chi connectivity index (χ1n) is 9.71. The third-order valence-electron chi connectivity index (χ3n) is 6.02. The van der Waals surface area contributed by atoms with Gasteiger partial charge >= 0.3 is 0 Å². The fourth-order valence-corrected chi connectivity index (χ4v) is 4.88. The minimum absolute atomic E-state index is 1.20. The van der Waals surface area contributed by atoms with Gasteiger partial charge in [0.25, 0.3) is 0 Å². The number of fused-ring (bicyclic) bond motifs is 7. The van der Waals surface area contributed by atoms with Gasteiger partial charge < -0.3 is 9.13 Å². The normalized spacial score (nSPS) is 11.9. The predicted molar refractivity (Wildman–Crippen MR) is 120 cm³/mol. The summed E-state index contributed by atoms with van der Waals surface area (Å²) in [5.41, 5.74) is 7.65. The van der Waals surface area contributed by atoms with Crippen molar-refractivity contribution in [2.24, 2.45) is 7.05 Å². The van der Waals surface area contributed by atoms with Gasteiger partial charge in [0.15, 0.2) is 0 Å². The van der Waals surface area contributed by atoms with Crippen molar-refractivity contribution in [2.75, 3.05) is 0 Å². The summed E-state index contributed by atoms with van der Waals surface area (Å²) in [4.78, 5) is 0. The number of hydrogen-bond donors (Lipinski definition) is 0. The SMILES string of the molecule is Cc1cccc2c3ccc4c5ccccc5n(-c5ccccc5)c4c3n(C)c12. The van der Waals surface area contributed by atoms with E-state index in [9.17, 15) is 0 Å². The molecular formula is C26H20N2. The molecule has 2 nitrogen and oxygen atoms in total. The maximum Gasteiger partial charge on any atom is 0.0785 e. The Morgan fingerprint density at radius 2 is 1.18 bits per heavy atom. The van der Waals surface area contributed by atoms with Crippen LogP contribution in [0.1, 0.15) is 5.56 Å². The highest BCUT2D eigenvalue weighted by Gasteiger charge is 2.19. The van der Waals surface area contributed by atoms with Gasteiger partial charge in [-0.05, 0) is 30.7 Å². The molecule has 0 aliphatic carbocycles. The fourth-order valence-electron chi connectivity index (χ4n) is 4.88. The topological polar surface area (TPSA) is 9.86 Å². The van der Waals surface area contributed by atoms with Crippen LogP contribution in [0.3, 0.4) is 0 Å². The van der Waals surface area contributed by atoms with Crippen molar-refractivity contribution >= 4 is 43.6 Å². The number of aromatic nitrogens is 2. The third kappa shape index (κ3) is 1.87. The van der Waals surface area contributed by atoms with Gasteiger partial charge in [0.05, 0.1) is 22.1 Å². The molecule has 0 radical (unpaired) electrons. The second kappa shape index (κ2) is 5.49. The van der Waals surface area contributed by atoms with E-state index in [2.05, 4.69) is 108 Å². The smallest absolute Gasteiger partial charge is 0.0785 e. The van der Waals surface area contributed by atoms with E-state index in [-0.39, 0.29) is 0 Å². The molecule has 0 fully saturated rings. The average molecular weight is 360 g/mol. The first-order chi connectivity index (χ1) is 13.8. The van der Waals surface area contributed by atoms with Crippen LogP contribution >= 0.6 is 0 Å². The Labute approximate surface area is 163 Å². The molecule has 0 spiro atoms. The molecule has 0 N–H and O–H groups in total. The number of aryl methyl sites for hydroxylation is 2. The van der Waals surface area contributed by atoms with Crippen LogP contribution in [-0.4, -0.2) is 9.13 Å². The van der Waals surface area contributed by atoms with Gasteiger partial charge in [-0.1, -0.05) is 66.7 Å². The molecule has 28 heavy (non-hydrogen) atoms. The van der Waals surface area contributed by atoms with Gasteiger partial charge in [0.1, 0.15) is 0 Å². The zero-order valence-electron chi connectivity index (χ0n) is 16.0.